The number of nitrogens with zero attached hydrogens (tertiary/aromatic N) is 1. The maximum atomic E-state index is 13.8. The molecule has 0 radical (unpaired) electrons. The Labute approximate surface area is 371 Å². The van der Waals surface area contributed by atoms with Crippen LogP contribution in [0.15, 0.2) is 23.8 Å². The van der Waals surface area contributed by atoms with Crippen molar-refractivity contribution in [2.75, 3.05) is 34.9 Å². The highest BCUT2D eigenvalue weighted by molar-refractivity contribution is 5.91. The van der Waals surface area contributed by atoms with Crippen LogP contribution in [0.3, 0.4) is 0 Å². The van der Waals surface area contributed by atoms with E-state index in [1.807, 2.05) is 13.0 Å². The SMILES string of the molecule is CC[C@H]1OC(=O)C[C@@H](O)[C@H](C)[C@@H](O[C@@H]2O[C@H](C)[C@@H](OC(C)=O)[C@H](N(C)C)[C@H]2OC(C)=O)[C@@H](CC=O)C[C@@H](C)C(=O)/C=C/C(C)=C/[C@@H]1CO[C@@H]1O[C@H](C)[C@@H](OC(C)=O)[C@H](OC)[C@H]1OC. The van der Waals surface area contributed by atoms with Crippen molar-refractivity contribution in [2.24, 2.45) is 23.7 Å². The van der Waals surface area contributed by atoms with Gasteiger partial charge in [0.2, 0.25) is 0 Å². The molecule has 1 N–H and O–H groups in total. The molecule has 2 saturated heterocycles. The van der Waals surface area contributed by atoms with Gasteiger partial charge in [0.1, 0.15) is 30.7 Å². The van der Waals surface area contributed by atoms with E-state index >= 15 is 0 Å². The van der Waals surface area contributed by atoms with Crippen molar-refractivity contribution in [3.05, 3.63) is 23.8 Å². The van der Waals surface area contributed by atoms with Crippen LogP contribution < -0.4 is 0 Å². The van der Waals surface area contributed by atoms with Gasteiger partial charge >= 0.3 is 23.9 Å². The van der Waals surface area contributed by atoms with Crippen LogP contribution in [0.2, 0.25) is 0 Å². The van der Waals surface area contributed by atoms with Gasteiger partial charge in [0.25, 0.3) is 0 Å². The normalized spacial score (nSPS) is 38.7. The van der Waals surface area contributed by atoms with Crippen LogP contribution in [0.1, 0.15) is 88.0 Å². The third-order valence-corrected chi connectivity index (χ3v) is 11.9. The van der Waals surface area contributed by atoms with Crippen LogP contribution >= 0.6 is 0 Å². The molecule has 3 heterocycles. The number of carbonyl (C=O) groups excluding carboxylic acids is 6. The van der Waals surface area contributed by atoms with Crippen LogP contribution in [0, 0.1) is 23.7 Å². The van der Waals surface area contributed by atoms with Crippen molar-refractivity contribution in [3.8, 4) is 0 Å². The lowest BCUT2D eigenvalue weighted by Crippen LogP contribution is -2.65. The summed E-state index contributed by atoms with van der Waals surface area (Å²) in [6.45, 7) is 14.2. The van der Waals surface area contributed by atoms with Crippen molar-refractivity contribution in [3.63, 3.8) is 0 Å². The van der Waals surface area contributed by atoms with Gasteiger partial charge in [-0.15, -0.1) is 0 Å². The molecule has 0 aromatic carbocycles. The molecule has 0 spiro atoms. The first-order chi connectivity index (χ1) is 29.7. The van der Waals surface area contributed by atoms with Gasteiger partial charge in [-0.05, 0) is 59.7 Å². The number of esters is 4. The zero-order valence-corrected chi connectivity index (χ0v) is 39.1. The number of methoxy groups -OCH3 is 2. The monoisotopic (exact) mass is 897 g/mol. The lowest BCUT2D eigenvalue weighted by molar-refractivity contribution is -0.308. The summed E-state index contributed by atoms with van der Waals surface area (Å²) in [7, 11) is 6.38. The van der Waals surface area contributed by atoms with Crippen molar-refractivity contribution < 1.29 is 81.2 Å². The molecule has 0 saturated carbocycles. The standard InChI is InChI=1S/C45H71NO17/c1-14-35-32(22-56-44-43(55-13)42(54-12)40(27(6)57-44)60-29(8)49)19-23(2)15-16-33(51)24(3)20-31(17-18-47)38(25(4)34(52)21-36(53)62-35)63-45-41(61-30(9)50)37(46(10)11)39(26(5)58-45)59-28(7)48/h15-16,18-19,24-27,31-32,34-35,37-45,52H,14,17,20-22H2,1-13H3/b16-15+,23-19+/t24-,25+,26-,27-,31+,32-,34-,35-,37+,38-,39-,40-,41-,42+,43-,44-,45+/m1/s1. The molecule has 358 valence electrons. The number of hydrogen-bond donors (Lipinski definition) is 1. The van der Waals surface area contributed by atoms with Crippen LogP contribution in [0.25, 0.3) is 0 Å². The first-order valence-electron chi connectivity index (χ1n) is 21.7. The van der Waals surface area contributed by atoms with E-state index in [2.05, 4.69) is 0 Å². The second-order valence-corrected chi connectivity index (χ2v) is 17.1. The van der Waals surface area contributed by atoms with Crippen molar-refractivity contribution >= 4 is 35.9 Å². The van der Waals surface area contributed by atoms with Crippen LogP contribution in [0.4, 0.5) is 0 Å². The van der Waals surface area contributed by atoms with Gasteiger partial charge in [0.15, 0.2) is 30.6 Å². The number of aliphatic hydroxyl groups excluding tert-OH is 1. The van der Waals surface area contributed by atoms with Crippen LogP contribution in [-0.4, -0.2) is 161 Å². The van der Waals surface area contributed by atoms with E-state index in [1.165, 1.54) is 41.1 Å². The first kappa shape index (κ1) is 53.7. The predicted molar refractivity (Wildman–Crippen MR) is 225 cm³/mol. The summed E-state index contributed by atoms with van der Waals surface area (Å²) in [5.41, 5.74) is 0.665. The lowest BCUT2D eigenvalue weighted by Gasteiger charge is -2.48. The van der Waals surface area contributed by atoms with Gasteiger partial charge in [-0.2, -0.15) is 0 Å². The quantitative estimate of drug-likeness (QED) is 0.150. The third-order valence-electron chi connectivity index (χ3n) is 11.9. The van der Waals surface area contributed by atoms with Crippen molar-refractivity contribution in [1.82, 2.24) is 4.90 Å². The Morgan fingerprint density at radius 3 is 1.95 bits per heavy atom. The molecule has 3 aliphatic rings. The Hall–Kier alpha value is -3.62. The van der Waals surface area contributed by atoms with E-state index < -0.39 is 134 Å². The minimum Gasteiger partial charge on any atom is -0.462 e. The van der Waals surface area contributed by atoms with E-state index in [1.54, 1.807) is 59.7 Å². The Morgan fingerprint density at radius 1 is 0.825 bits per heavy atom. The zero-order valence-electron chi connectivity index (χ0n) is 39.1. The second kappa shape index (κ2) is 25.2. The fourth-order valence-corrected chi connectivity index (χ4v) is 8.72. The minimum atomic E-state index is -1.39. The summed E-state index contributed by atoms with van der Waals surface area (Å²) in [6, 6.07) is -0.741. The van der Waals surface area contributed by atoms with Crippen LogP contribution in [-0.2, 0) is 76.1 Å². The van der Waals surface area contributed by atoms with E-state index in [-0.39, 0.29) is 25.2 Å². The highest BCUT2D eigenvalue weighted by atomic mass is 16.7. The molecule has 0 unspecified atom stereocenters. The van der Waals surface area contributed by atoms with Gasteiger partial charge < -0.3 is 57.3 Å². The van der Waals surface area contributed by atoms with Gasteiger partial charge in [-0.3, -0.25) is 28.9 Å². The number of hydrogen-bond acceptors (Lipinski definition) is 18. The fraction of sp³-hybridized carbons (Fsp3) is 0.778. The van der Waals surface area contributed by atoms with E-state index in [0.717, 1.165) is 0 Å². The number of carbonyl (C=O) groups is 6. The molecule has 0 aliphatic carbocycles. The Bertz CT molecular complexity index is 1600. The number of aliphatic hydroxyl groups is 1. The molecule has 0 amide bonds. The van der Waals surface area contributed by atoms with Gasteiger partial charge in [0.05, 0.1) is 43.5 Å². The molecule has 3 rings (SSSR count). The van der Waals surface area contributed by atoms with E-state index in [9.17, 15) is 33.9 Å². The van der Waals surface area contributed by atoms with E-state index in [0.29, 0.717) is 18.3 Å². The molecule has 0 bridgehead atoms. The van der Waals surface area contributed by atoms with E-state index in [4.69, 9.17) is 47.4 Å². The number of cyclic esters (lactones) is 1. The predicted octanol–water partition coefficient (Wildman–Crippen LogP) is 3.27. The molecular formula is C45H71NO17. The summed E-state index contributed by atoms with van der Waals surface area (Å²) in [5.74, 6) is -5.46. The highest BCUT2D eigenvalue weighted by Crippen LogP contribution is 2.36. The molecular weight excluding hydrogens is 826 g/mol. The van der Waals surface area contributed by atoms with Crippen LogP contribution in [0.5, 0.6) is 0 Å². The van der Waals surface area contributed by atoms with Crippen molar-refractivity contribution in [2.45, 2.75) is 168 Å². The third kappa shape index (κ3) is 15.0. The maximum Gasteiger partial charge on any atom is 0.308 e. The summed E-state index contributed by atoms with van der Waals surface area (Å²) in [6.07, 6.45) is -5.61. The Morgan fingerprint density at radius 2 is 1.40 bits per heavy atom. The fourth-order valence-electron chi connectivity index (χ4n) is 8.72. The smallest absolute Gasteiger partial charge is 0.308 e. The summed E-state index contributed by atoms with van der Waals surface area (Å²) >= 11 is 0. The van der Waals surface area contributed by atoms with Crippen molar-refractivity contribution in [1.29, 1.82) is 0 Å². The molecule has 18 nitrogen and oxygen atoms in total. The molecule has 18 heteroatoms. The summed E-state index contributed by atoms with van der Waals surface area (Å²) < 4.78 is 59.8. The molecule has 17 atom stereocenters. The molecule has 63 heavy (non-hydrogen) atoms. The second-order valence-electron chi connectivity index (χ2n) is 17.1. The average Bonchev–Trinajstić information content (AvgIpc) is 3.20. The van der Waals surface area contributed by atoms with Gasteiger partial charge in [0, 0.05) is 59.2 Å². The number of ketones is 1. The molecule has 3 aliphatic heterocycles. The van der Waals surface area contributed by atoms with Gasteiger partial charge in [-0.1, -0.05) is 38.5 Å². The molecule has 0 aromatic rings. The zero-order chi connectivity index (χ0) is 47.3. The molecule has 2 fully saturated rings. The number of aldehydes is 1. The summed E-state index contributed by atoms with van der Waals surface area (Å²) in [5, 5.41) is 11.8. The van der Waals surface area contributed by atoms with Gasteiger partial charge in [-0.25, -0.2) is 0 Å². The Kier molecular flexibility index (Phi) is 21.5. The summed E-state index contributed by atoms with van der Waals surface area (Å²) in [4.78, 5) is 78.1. The largest absolute Gasteiger partial charge is 0.462 e. The average molecular weight is 898 g/mol. The number of ether oxygens (including phenoxy) is 10. The first-order valence-corrected chi connectivity index (χ1v) is 21.7. The lowest BCUT2D eigenvalue weighted by atomic mass is 9.79. The topological polar surface area (TPSA) is 218 Å². The number of allylic oxidation sites excluding steroid dienone is 3. The Balaban J connectivity index is 2.02. The number of likely N-dealkylation sites (N-methyl/N-ethyl adjacent to an activating group) is 1. The number of rotatable bonds is 14. The highest BCUT2D eigenvalue weighted by Gasteiger charge is 2.52. The maximum absolute atomic E-state index is 13.8. The molecule has 0 aromatic heterocycles. The minimum absolute atomic E-state index is 0.0367.